The number of thiazole rings is 1. The Hall–Kier alpha value is -1.47. The molecular weight excluding hydrogens is 358 g/mol. The Labute approximate surface area is 157 Å². The molecule has 3 N–H and O–H groups in total. The molecule has 1 aliphatic heterocycles. The van der Waals surface area contributed by atoms with Gasteiger partial charge in [-0.2, -0.15) is 0 Å². The first-order valence-corrected chi connectivity index (χ1v) is 9.24. The summed E-state index contributed by atoms with van der Waals surface area (Å²) in [4.78, 5) is 18.0. The number of nitrogens with zero attached hydrogens (tertiary/aromatic N) is 1. The highest BCUT2D eigenvalue weighted by molar-refractivity contribution is 7.16. The van der Waals surface area contributed by atoms with Gasteiger partial charge in [-0.3, -0.25) is 4.79 Å². The minimum absolute atomic E-state index is 0. The van der Waals surface area contributed by atoms with Crippen molar-refractivity contribution in [1.82, 2.24) is 10.3 Å². The van der Waals surface area contributed by atoms with E-state index in [9.17, 15) is 9.90 Å². The summed E-state index contributed by atoms with van der Waals surface area (Å²) in [6.07, 6.45) is 3.56. The Morgan fingerprint density at radius 1 is 1.36 bits per heavy atom. The summed E-state index contributed by atoms with van der Waals surface area (Å²) in [7, 11) is 0. The number of aliphatic hydroxyl groups is 1. The Balaban J connectivity index is 0.00000182. The van der Waals surface area contributed by atoms with Gasteiger partial charge in [0, 0.05) is 17.0 Å². The Bertz CT molecular complexity index is 793. The lowest BCUT2D eigenvalue weighted by Gasteiger charge is -2.08. The van der Waals surface area contributed by atoms with Gasteiger partial charge in [-0.1, -0.05) is 12.1 Å². The molecule has 1 aromatic heterocycles. The number of carbonyl (C=O) groups excluding carboxylic acids is 1. The largest absolute Gasteiger partial charge is 0.392 e. The number of nitrogens with one attached hydrogen (secondary N) is 2. The van der Waals surface area contributed by atoms with E-state index in [-0.39, 0.29) is 24.4 Å². The zero-order valence-electron chi connectivity index (χ0n) is 14.0. The van der Waals surface area contributed by atoms with Crippen LogP contribution >= 0.6 is 23.7 Å². The fourth-order valence-electron chi connectivity index (χ4n) is 3.55. The van der Waals surface area contributed by atoms with Crippen LogP contribution in [-0.4, -0.2) is 34.7 Å². The second-order valence-corrected chi connectivity index (χ2v) is 7.80. The van der Waals surface area contributed by atoms with Crippen LogP contribution in [0.5, 0.6) is 0 Å². The summed E-state index contributed by atoms with van der Waals surface area (Å²) in [5, 5.41) is 16.1. The van der Waals surface area contributed by atoms with Gasteiger partial charge in [0.15, 0.2) is 5.13 Å². The van der Waals surface area contributed by atoms with Gasteiger partial charge in [-0.05, 0) is 49.8 Å². The van der Waals surface area contributed by atoms with E-state index >= 15 is 0 Å². The summed E-state index contributed by atoms with van der Waals surface area (Å²) in [5.74, 6) is -0.124. The summed E-state index contributed by atoms with van der Waals surface area (Å²) < 4.78 is 0. The molecule has 1 aromatic carbocycles. The number of aromatic nitrogens is 1. The average molecular weight is 380 g/mol. The van der Waals surface area contributed by atoms with Crippen LogP contribution in [-0.2, 0) is 17.6 Å². The number of aryl methyl sites for hydroxylation is 3. The van der Waals surface area contributed by atoms with Gasteiger partial charge >= 0.3 is 0 Å². The van der Waals surface area contributed by atoms with E-state index in [1.54, 1.807) is 0 Å². The monoisotopic (exact) mass is 379 g/mol. The molecule has 134 valence electrons. The molecule has 2 atom stereocenters. The highest BCUT2D eigenvalue weighted by Crippen LogP contribution is 2.33. The maximum absolute atomic E-state index is 12.3. The first-order chi connectivity index (χ1) is 11.6. The lowest BCUT2D eigenvalue weighted by Crippen LogP contribution is -2.35. The van der Waals surface area contributed by atoms with Gasteiger partial charge in [-0.25, -0.2) is 4.98 Å². The van der Waals surface area contributed by atoms with Crippen molar-refractivity contribution in [1.29, 1.82) is 0 Å². The minimum Gasteiger partial charge on any atom is -0.392 e. The van der Waals surface area contributed by atoms with Gasteiger partial charge < -0.3 is 15.7 Å². The summed E-state index contributed by atoms with van der Waals surface area (Å²) in [5.41, 5.74) is 4.95. The van der Waals surface area contributed by atoms with Crippen molar-refractivity contribution < 1.29 is 9.90 Å². The summed E-state index contributed by atoms with van der Waals surface area (Å²) in [6, 6.07) is 6.24. The topological polar surface area (TPSA) is 74.2 Å². The number of hydrogen-bond donors (Lipinski definition) is 3. The molecule has 0 spiro atoms. The maximum Gasteiger partial charge on any atom is 0.243 e. The molecule has 7 heteroatoms. The molecule has 4 rings (SSSR count). The van der Waals surface area contributed by atoms with E-state index < -0.39 is 6.10 Å². The fourth-order valence-corrected chi connectivity index (χ4v) is 4.38. The number of benzene rings is 1. The number of halogens is 1. The first kappa shape index (κ1) is 18.3. The van der Waals surface area contributed by atoms with Gasteiger partial charge in [0.1, 0.15) is 0 Å². The lowest BCUT2D eigenvalue weighted by atomic mass is 10.0. The van der Waals surface area contributed by atoms with E-state index in [2.05, 4.69) is 33.8 Å². The maximum atomic E-state index is 12.3. The van der Waals surface area contributed by atoms with E-state index in [1.807, 2.05) is 6.92 Å². The molecule has 5 nitrogen and oxygen atoms in total. The van der Waals surface area contributed by atoms with Crippen molar-refractivity contribution in [2.75, 3.05) is 11.9 Å². The molecule has 0 radical (unpaired) electrons. The zero-order chi connectivity index (χ0) is 16.7. The van der Waals surface area contributed by atoms with E-state index in [1.165, 1.54) is 35.3 Å². The predicted molar refractivity (Wildman–Crippen MR) is 103 cm³/mol. The highest BCUT2D eigenvalue weighted by Gasteiger charge is 2.28. The van der Waals surface area contributed by atoms with Crippen LogP contribution in [0.25, 0.3) is 11.3 Å². The zero-order valence-corrected chi connectivity index (χ0v) is 15.7. The number of hydrogen-bond acceptors (Lipinski definition) is 5. The number of amides is 1. The molecule has 25 heavy (non-hydrogen) atoms. The van der Waals surface area contributed by atoms with Crippen LogP contribution in [0.4, 0.5) is 5.13 Å². The third-order valence-corrected chi connectivity index (χ3v) is 5.71. The van der Waals surface area contributed by atoms with Crippen LogP contribution in [0.2, 0.25) is 0 Å². The lowest BCUT2D eigenvalue weighted by molar-refractivity contribution is -0.117. The number of β-amino-alcohol motifs (C(OH)–C–C–N with tert-alkyl or cyclic N) is 1. The van der Waals surface area contributed by atoms with Crippen LogP contribution in [0, 0.1) is 6.92 Å². The molecule has 1 aliphatic carbocycles. The van der Waals surface area contributed by atoms with E-state index in [0.29, 0.717) is 18.1 Å². The molecule has 1 fully saturated rings. The van der Waals surface area contributed by atoms with Crippen molar-refractivity contribution in [3.63, 3.8) is 0 Å². The number of carbonyl (C=O) groups is 1. The van der Waals surface area contributed by atoms with Crippen LogP contribution < -0.4 is 10.6 Å². The summed E-state index contributed by atoms with van der Waals surface area (Å²) >= 11 is 1.50. The molecule has 0 bridgehead atoms. The van der Waals surface area contributed by atoms with Crippen molar-refractivity contribution in [2.24, 2.45) is 0 Å². The van der Waals surface area contributed by atoms with Gasteiger partial charge in [-0.15, -0.1) is 23.7 Å². The van der Waals surface area contributed by atoms with E-state index in [4.69, 9.17) is 0 Å². The molecular formula is C18H22ClN3O2S. The average Bonchev–Trinajstić information content (AvgIpc) is 3.26. The molecule has 1 amide bonds. The van der Waals surface area contributed by atoms with Crippen LogP contribution in [0.1, 0.15) is 28.8 Å². The van der Waals surface area contributed by atoms with Gasteiger partial charge in [0.25, 0.3) is 0 Å². The molecule has 2 aromatic rings. The number of aliphatic hydroxyl groups excluding tert-OH is 1. The third kappa shape index (κ3) is 3.72. The second-order valence-electron chi connectivity index (χ2n) is 6.60. The Morgan fingerprint density at radius 2 is 2.16 bits per heavy atom. The number of fused-ring (bicyclic) bond motifs is 1. The van der Waals surface area contributed by atoms with Gasteiger partial charge in [0.05, 0.1) is 17.8 Å². The third-order valence-electron chi connectivity index (χ3n) is 4.82. The van der Waals surface area contributed by atoms with Gasteiger partial charge in [0.2, 0.25) is 5.91 Å². The second kappa shape index (κ2) is 7.41. The van der Waals surface area contributed by atoms with Crippen LogP contribution in [0.3, 0.4) is 0 Å². The highest BCUT2D eigenvalue weighted by atomic mass is 35.5. The van der Waals surface area contributed by atoms with Crippen molar-refractivity contribution in [2.45, 2.75) is 44.8 Å². The van der Waals surface area contributed by atoms with Crippen molar-refractivity contribution in [3.05, 3.63) is 34.2 Å². The molecule has 0 saturated carbocycles. The minimum atomic E-state index is -0.444. The first-order valence-electron chi connectivity index (χ1n) is 8.42. The number of anilines is 1. The fraction of sp³-hybridized carbons (Fsp3) is 0.444. The summed E-state index contributed by atoms with van der Waals surface area (Å²) in [6.45, 7) is 2.50. The molecule has 2 aliphatic rings. The molecule has 1 saturated heterocycles. The number of rotatable bonds is 3. The Kier molecular flexibility index (Phi) is 5.43. The quantitative estimate of drug-likeness (QED) is 0.766. The normalized spacial score (nSPS) is 21.7. The van der Waals surface area contributed by atoms with E-state index in [0.717, 1.165) is 22.6 Å². The standard InChI is InChI=1S/C18H21N3O2S.ClH/c1-10-16(13-6-5-11-3-2-4-12(11)7-13)20-18(24-10)21-17(23)15-8-14(22)9-19-15;/h5-7,14-15,19,22H,2-4,8-9H2,1H3,(H,20,21,23);1H. The molecule has 2 heterocycles. The predicted octanol–water partition coefficient (Wildman–Crippen LogP) is 2.69. The van der Waals surface area contributed by atoms with Crippen molar-refractivity contribution >= 4 is 34.8 Å². The Morgan fingerprint density at radius 3 is 2.92 bits per heavy atom. The smallest absolute Gasteiger partial charge is 0.243 e. The molecule has 2 unspecified atom stereocenters. The van der Waals surface area contributed by atoms with Crippen molar-refractivity contribution in [3.8, 4) is 11.3 Å². The van der Waals surface area contributed by atoms with Crippen LogP contribution in [0.15, 0.2) is 18.2 Å². The SMILES string of the molecule is Cc1sc(NC(=O)C2CC(O)CN2)nc1-c1ccc2c(c1)CCC2.Cl.